The first-order chi connectivity index (χ1) is 9.13. The van der Waals surface area contributed by atoms with Crippen molar-refractivity contribution < 1.29 is 14.6 Å². The minimum Gasteiger partial charge on any atom is -0.497 e. The normalized spacial score (nSPS) is 12.3. The first-order valence-corrected chi connectivity index (χ1v) is 6.00. The summed E-state index contributed by atoms with van der Waals surface area (Å²) in [4.78, 5) is 15.3. The Hall–Kier alpha value is -2.14. The Morgan fingerprint density at radius 2 is 2.16 bits per heavy atom. The number of hydrogen-bond donors (Lipinski definition) is 2. The Kier molecular flexibility index (Phi) is 3.97. The summed E-state index contributed by atoms with van der Waals surface area (Å²) >= 11 is 0. The maximum absolute atomic E-state index is 10.8. The molecule has 0 aliphatic carbocycles. The van der Waals surface area contributed by atoms with Crippen LogP contribution < -0.4 is 10.5 Å². The first-order valence-electron chi connectivity index (χ1n) is 6.00. The van der Waals surface area contributed by atoms with E-state index in [1.165, 1.54) is 0 Å². The molecule has 1 aromatic carbocycles. The molecule has 2 rings (SSSR count). The van der Waals surface area contributed by atoms with Crippen LogP contribution in [0.4, 0.5) is 0 Å². The fourth-order valence-electron chi connectivity index (χ4n) is 1.99. The molecule has 0 fully saturated rings. The predicted molar refractivity (Wildman–Crippen MR) is 72.3 cm³/mol. The zero-order valence-electron chi connectivity index (χ0n) is 10.7. The van der Waals surface area contributed by atoms with Crippen LogP contribution in [0.15, 0.2) is 30.3 Å². The molecule has 0 spiro atoms. The van der Waals surface area contributed by atoms with E-state index in [2.05, 4.69) is 4.98 Å². The summed E-state index contributed by atoms with van der Waals surface area (Å²) in [5.41, 5.74) is 7.10. The largest absolute Gasteiger partial charge is 0.497 e. The number of aromatic nitrogens is 1. The van der Waals surface area contributed by atoms with Gasteiger partial charge in [0.05, 0.1) is 19.0 Å². The van der Waals surface area contributed by atoms with Gasteiger partial charge in [-0.25, -0.2) is 0 Å². The molecule has 0 saturated carbocycles. The fraction of sp³-hybridized carbons (Fsp3) is 0.286. The van der Waals surface area contributed by atoms with Crippen molar-refractivity contribution in [2.24, 2.45) is 5.73 Å². The van der Waals surface area contributed by atoms with Gasteiger partial charge in [-0.2, -0.15) is 0 Å². The van der Waals surface area contributed by atoms with E-state index in [1.54, 1.807) is 7.11 Å². The second kappa shape index (κ2) is 5.67. The summed E-state index contributed by atoms with van der Waals surface area (Å²) in [5.74, 6) is -0.421. The molecule has 1 aromatic heterocycles. The lowest BCUT2D eigenvalue weighted by atomic mass is 10.00. The van der Waals surface area contributed by atoms with E-state index >= 15 is 0 Å². The minimum absolute atomic E-state index is 0.0149. The van der Waals surface area contributed by atoms with Gasteiger partial charge in [0, 0.05) is 29.6 Å². The minimum atomic E-state index is -0.872. The summed E-state index contributed by atoms with van der Waals surface area (Å²) in [5, 5.41) is 9.85. The van der Waals surface area contributed by atoms with E-state index in [-0.39, 0.29) is 18.9 Å². The van der Waals surface area contributed by atoms with Crippen LogP contribution in [-0.4, -0.2) is 29.7 Å². The average Bonchev–Trinajstić information content (AvgIpc) is 2.43. The Morgan fingerprint density at radius 1 is 1.42 bits per heavy atom. The summed E-state index contributed by atoms with van der Waals surface area (Å²) in [6.07, 6.45) is -0.0149. The number of carbonyl (C=O) groups is 1. The van der Waals surface area contributed by atoms with E-state index < -0.39 is 5.97 Å². The van der Waals surface area contributed by atoms with Crippen LogP contribution in [0.2, 0.25) is 0 Å². The van der Waals surface area contributed by atoms with Gasteiger partial charge in [-0.05, 0) is 18.2 Å². The molecule has 5 nitrogen and oxygen atoms in total. The number of pyridine rings is 1. The highest BCUT2D eigenvalue weighted by Crippen LogP contribution is 2.23. The number of carboxylic acid groups (broad SMARTS) is 1. The van der Waals surface area contributed by atoms with E-state index in [0.29, 0.717) is 5.69 Å². The fourth-order valence-corrected chi connectivity index (χ4v) is 1.99. The van der Waals surface area contributed by atoms with Crippen molar-refractivity contribution in [2.75, 3.05) is 13.7 Å². The molecule has 0 amide bonds. The average molecular weight is 260 g/mol. The van der Waals surface area contributed by atoms with Crippen molar-refractivity contribution in [3.63, 3.8) is 0 Å². The molecule has 3 N–H and O–H groups in total. The number of nitrogens with zero attached hydrogens (tertiary/aromatic N) is 1. The Morgan fingerprint density at radius 3 is 2.79 bits per heavy atom. The summed E-state index contributed by atoms with van der Waals surface area (Å²) < 4.78 is 5.15. The van der Waals surface area contributed by atoms with Crippen LogP contribution in [0.25, 0.3) is 10.9 Å². The molecule has 0 aliphatic rings. The molecule has 5 heteroatoms. The topological polar surface area (TPSA) is 85.4 Å². The smallest absolute Gasteiger partial charge is 0.304 e. The lowest BCUT2D eigenvalue weighted by Gasteiger charge is -2.12. The molecular weight excluding hydrogens is 244 g/mol. The lowest BCUT2D eigenvalue weighted by Crippen LogP contribution is -2.17. The second-order valence-corrected chi connectivity index (χ2v) is 4.33. The third-order valence-electron chi connectivity index (χ3n) is 3.04. The van der Waals surface area contributed by atoms with E-state index in [4.69, 9.17) is 15.6 Å². The van der Waals surface area contributed by atoms with E-state index in [0.717, 1.165) is 16.7 Å². The standard InChI is InChI=1S/C14H16N2O3/c1-19-11-4-2-9-3-5-12(16-13(9)7-11)10(8-15)6-14(17)18/h2-5,7,10H,6,8,15H2,1H3,(H,17,18). The van der Waals surface area contributed by atoms with Gasteiger partial charge in [-0.15, -0.1) is 0 Å². The van der Waals surface area contributed by atoms with Crippen LogP contribution in [0.5, 0.6) is 5.75 Å². The van der Waals surface area contributed by atoms with Gasteiger partial charge in [-0.3, -0.25) is 9.78 Å². The van der Waals surface area contributed by atoms with Crippen molar-refractivity contribution in [1.82, 2.24) is 4.98 Å². The highest BCUT2D eigenvalue weighted by molar-refractivity contribution is 5.80. The molecule has 0 bridgehead atoms. The van der Waals surface area contributed by atoms with Gasteiger partial charge in [0.2, 0.25) is 0 Å². The number of methoxy groups -OCH3 is 1. The molecule has 100 valence electrons. The van der Waals surface area contributed by atoms with Gasteiger partial charge in [0.15, 0.2) is 0 Å². The number of ether oxygens (including phenoxy) is 1. The van der Waals surface area contributed by atoms with Crippen molar-refractivity contribution in [2.45, 2.75) is 12.3 Å². The third kappa shape index (κ3) is 3.00. The van der Waals surface area contributed by atoms with Gasteiger partial charge in [-0.1, -0.05) is 6.07 Å². The van der Waals surface area contributed by atoms with Crippen LogP contribution in [0, 0.1) is 0 Å². The maximum Gasteiger partial charge on any atom is 0.304 e. The number of rotatable bonds is 5. The molecule has 1 unspecified atom stereocenters. The number of carboxylic acids is 1. The van der Waals surface area contributed by atoms with E-state index in [9.17, 15) is 4.79 Å². The number of hydrogen-bond acceptors (Lipinski definition) is 4. The highest BCUT2D eigenvalue weighted by Gasteiger charge is 2.15. The van der Waals surface area contributed by atoms with Gasteiger partial charge in [0.25, 0.3) is 0 Å². The first kappa shape index (κ1) is 13.3. The summed E-state index contributed by atoms with van der Waals surface area (Å²) in [6.45, 7) is 0.259. The molecule has 0 radical (unpaired) electrons. The van der Waals surface area contributed by atoms with Gasteiger partial charge in [0.1, 0.15) is 5.75 Å². The number of nitrogens with two attached hydrogens (primary N) is 1. The van der Waals surface area contributed by atoms with E-state index in [1.807, 2.05) is 30.3 Å². The van der Waals surface area contributed by atoms with Crippen molar-refractivity contribution in [3.05, 3.63) is 36.0 Å². The third-order valence-corrected chi connectivity index (χ3v) is 3.04. The second-order valence-electron chi connectivity index (χ2n) is 4.33. The van der Waals surface area contributed by atoms with Crippen molar-refractivity contribution in [1.29, 1.82) is 0 Å². The zero-order valence-corrected chi connectivity index (χ0v) is 10.7. The maximum atomic E-state index is 10.8. The van der Waals surface area contributed by atoms with Crippen molar-refractivity contribution >= 4 is 16.9 Å². The molecule has 0 saturated heterocycles. The van der Waals surface area contributed by atoms with Crippen LogP contribution in [0.3, 0.4) is 0 Å². The number of benzene rings is 1. The van der Waals surface area contributed by atoms with Crippen LogP contribution in [0.1, 0.15) is 18.0 Å². The molecule has 0 aliphatic heterocycles. The zero-order chi connectivity index (χ0) is 13.8. The van der Waals surface area contributed by atoms with Crippen LogP contribution >= 0.6 is 0 Å². The molecule has 1 heterocycles. The molecule has 19 heavy (non-hydrogen) atoms. The van der Waals surface area contributed by atoms with Crippen molar-refractivity contribution in [3.8, 4) is 5.75 Å². The SMILES string of the molecule is COc1ccc2ccc(C(CN)CC(=O)O)nc2c1. The lowest BCUT2D eigenvalue weighted by molar-refractivity contribution is -0.137. The predicted octanol–water partition coefficient (Wildman–Crippen LogP) is 1.76. The Bertz CT molecular complexity index is 598. The quantitative estimate of drug-likeness (QED) is 0.855. The number of fused-ring (bicyclic) bond motifs is 1. The number of aliphatic carboxylic acids is 1. The summed E-state index contributed by atoms with van der Waals surface area (Å²) in [6, 6.07) is 9.35. The monoisotopic (exact) mass is 260 g/mol. The molecule has 2 aromatic rings. The van der Waals surface area contributed by atoms with Gasteiger partial charge < -0.3 is 15.6 Å². The Balaban J connectivity index is 2.40. The molecular formula is C14H16N2O3. The Labute approximate surface area is 111 Å². The van der Waals surface area contributed by atoms with Gasteiger partial charge >= 0.3 is 5.97 Å². The highest BCUT2D eigenvalue weighted by atomic mass is 16.5. The molecule has 1 atom stereocenters. The van der Waals surface area contributed by atoms with Crippen LogP contribution in [-0.2, 0) is 4.79 Å². The summed E-state index contributed by atoms with van der Waals surface area (Å²) in [7, 11) is 1.60.